The van der Waals surface area contributed by atoms with Crippen LogP contribution in [0.1, 0.15) is 32.0 Å². The normalized spacial score (nSPS) is 26.2. The van der Waals surface area contributed by atoms with Crippen LogP contribution in [0.4, 0.5) is 0 Å². The Balaban J connectivity index is 2.16. The number of nitrogens with zero attached hydrogens (tertiary/aromatic N) is 2. The number of aromatic nitrogens is 2. The number of hydrogen-bond acceptors (Lipinski definition) is 4. The van der Waals surface area contributed by atoms with Crippen LogP contribution in [0.15, 0.2) is 12.3 Å². The van der Waals surface area contributed by atoms with Crippen LogP contribution in [0.5, 0.6) is 0 Å². The van der Waals surface area contributed by atoms with E-state index in [0.717, 1.165) is 6.54 Å². The van der Waals surface area contributed by atoms with Crippen LogP contribution in [-0.4, -0.2) is 38.3 Å². The lowest BCUT2D eigenvalue weighted by Crippen LogP contribution is -2.39. The summed E-state index contributed by atoms with van der Waals surface area (Å²) >= 11 is 4.21. The summed E-state index contributed by atoms with van der Waals surface area (Å²) in [7, 11) is 2.04. The summed E-state index contributed by atoms with van der Waals surface area (Å²) in [5.41, 5.74) is 1.32. The summed E-state index contributed by atoms with van der Waals surface area (Å²) in [4.78, 5) is 0. The van der Waals surface area contributed by atoms with Crippen LogP contribution in [0.3, 0.4) is 0 Å². The molecule has 0 aromatic carbocycles. The lowest BCUT2D eigenvalue weighted by Gasteiger charge is -2.35. The van der Waals surface area contributed by atoms with Crippen LogP contribution in [0.25, 0.3) is 0 Å². The minimum absolute atomic E-state index is 0.422. The average Bonchev–Trinajstić information content (AvgIpc) is 2.78. The number of hydrogen-bond donors (Lipinski definition) is 1. The Morgan fingerprint density at radius 1 is 1.50 bits per heavy atom. The predicted molar refractivity (Wildman–Crippen MR) is 82.4 cm³/mol. The zero-order valence-electron chi connectivity index (χ0n) is 11.4. The van der Waals surface area contributed by atoms with Crippen LogP contribution in [0.2, 0.25) is 0 Å². The van der Waals surface area contributed by atoms with E-state index in [9.17, 15) is 0 Å². The van der Waals surface area contributed by atoms with Gasteiger partial charge in [0.1, 0.15) is 0 Å². The van der Waals surface area contributed by atoms with Crippen molar-refractivity contribution in [2.75, 3.05) is 18.1 Å². The SMILES string of the molecule is CCCNC(c1ccnn1C)C1SCCSC1C. The minimum atomic E-state index is 0.422. The van der Waals surface area contributed by atoms with Crippen molar-refractivity contribution in [2.45, 2.75) is 36.8 Å². The molecule has 0 aliphatic carbocycles. The van der Waals surface area contributed by atoms with Crippen molar-refractivity contribution in [3.63, 3.8) is 0 Å². The van der Waals surface area contributed by atoms with E-state index >= 15 is 0 Å². The van der Waals surface area contributed by atoms with Gasteiger partial charge in [0.2, 0.25) is 0 Å². The lowest BCUT2D eigenvalue weighted by molar-refractivity contribution is 0.477. The summed E-state index contributed by atoms with van der Waals surface area (Å²) < 4.78 is 2.01. The van der Waals surface area contributed by atoms with Gasteiger partial charge in [-0.1, -0.05) is 13.8 Å². The molecule has 1 saturated heterocycles. The minimum Gasteiger partial charge on any atom is -0.308 e. The Morgan fingerprint density at radius 2 is 2.28 bits per heavy atom. The van der Waals surface area contributed by atoms with Crippen molar-refractivity contribution in [1.82, 2.24) is 15.1 Å². The third kappa shape index (κ3) is 3.25. The molecule has 1 N–H and O–H groups in total. The quantitative estimate of drug-likeness (QED) is 0.901. The highest BCUT2D eigenvalue weighted by molar-refractivity contribution is 8.07. The van der Waals surface area contributed by atoms with Gasteiger partial charge in [0.25, 0.3) is 0 Å². The van der Waals surface area contributed by atoms with Gasteiger partial charge in [-0.05, 0) is 19.0 Å². The van der Waals surface area contributed by atoms with Gasteiger partial charge in [-0.25, -0.2) is 0 Å². The van der Waals surface area contributed by atoms with Crippen molar-refractivity contribution >= 4 is 23.5 Å². The maximum atomic E-state index is 4.33. The molecule has 1 fully saturated rings. The maximum absolute atomic E-state index is 4.33. The molecule has 0 amide bonds. The Bertz CT molecular complexity index is 367. The molecule has 2 rings (SSSR count). The highest BCUT2D eigenvalue weighted by Crippen LogP contribution is 2.38. The Hall–Kier alpha value is -0.130. The molecule has 1 aromatic heterocycles. The van der Waals surface area contributed by atoms with Crippen molar-refractivity contribution in [3.8, 4) is 0 Å². The van der Waals surface area contributed by atoms with E-state index in [1.165, 1.54) is 23.6 Å². The smallest absolute Gasteiger partial charge is 0.0623 e. The van der Waals surface area contributed by atoms with Crippen molar-refractivity contribution in [2.24, 2.45) is 7.05 Å². The van der Waals surface area contributed by atoms with Crippen LogP contribution in [0, 0.1) is 0 Å². The highest BCUT2D eigenvalue weighted by atomic mass is 32.2. The molecule has 3 atom stereocenters. The second-order valence-corrected chi connectivity index (χ2v) is 7.49. The van der Waals surface area contributed by atoms with Gasteiger partial charge in [0.15, 0.2) is 0 Å². The Morgan fingerprint density at radius 3 is 2.89 bits per heavy atom. The number of thioether (sulfide) groups is 2. The monoisotopic (exact) mass is 285 g/mol. The van der Waals surface area contributed by atoms with Crippen molar-refractivity contribution in [1.29, 1.82) is 0 Å². The Labute approximate surface area is 118 Å². The largest absolute Gasteiger partial charge is 0.308 e. The molecular weight excluding hydrogens is 262 g/mol. The van der Waals surface area contributed by atoms with E-state index in [4.69, 9.17) is 0 Å². The van der Waals surface area contributed by atoms with Gasteiger partial charge in [0, 0.05) is 35.3 Å². The molecular formula is C13H23N3S2. The van der Waals surface area contributed by atoms with Gasteiger partial charge in [-0.2, -0.15) is 28.6 Å². The molecule has 0 radical (unpaired) electrons. The molecule has 1 aliphatic rings. The van der Waals surface area contributed by atoms with Gasteiger partial charge in [-0.15, -0.1) is 0 Å². The van der Waals surface area contributed by atoms with Crippen molar-refractivity contribution in [3.05, 3.63) is 18.0 Å². The number of rotatable bonds is 5. The van der Waals surface area contributed by atoms with Crippen LogP contribution in [-0.2, 0) is 7.05 Å². The highest BCUT2D eigenvalue weighted by Gasteiger charge is 2.32. The molecule has 18 heavy (non-hydrogen) atoms. The second-order valence-electron chi connectivity index (χ2n) is 4.72. The van der Waals surface area contributed by atoms with E-state index in [-0.39, 0.29) is 0 Å². The third-order valence-electron chi connectivity index (χ3n) is 3.36. The zero-order valence-corrected chi connectivity index (χ0v) is 13.1. The summed E-state index contributed by atoms with van der Waals surface area (Å²) in [6, 6.07) is 2.57. The summed E-state index contributed by atoms with van der Waals surface area (Å²) in [6.07, 6.45) is 3.08. The predicted octanol–water partition coefficient (Wildman–Crippen LogP) is 2.70. The summed E-state index contributed by atoms with van der Waals surface area (Å²) in [5.74, 6) is 2.55. The first-order valence-corrected chi connectivity index (χ1v) is 8.78. The first-order valence-electron chi connectivity index (χ1n) is 6.68. The average molecular weight is 285 g/mol. The Kier molecular flexibility index (Phi) is 5.45. The van der Waals surface area contributed by atoms with Crippen LogP contribution >= 0.6 is 23.5 Å². The first-order chi connectivity index (χ1) is 8.74. The zero-order chi connectivity index (χ0) is 13.0. The van der Waals surface area contributed by atoms with Crippen molar-refractivity contribution < 1.29 is 0 Å². The topological polar surface area (TPSA) is 29.9 Å². The van der Waals surface area contributed by atoms with Gasteiger partial charge in [-0.3, -0.25) is 4.68 Å². The van der Waals surface area contributed by atoms with Gasteiger partial charge >= 0.3 is 0 Å². The first kappa shape index (κ1) is 14.3. The molecule has 102 valence electrons. The molecule has 3 nitrogen and oxygen atoms in total. The van der Waals surface area contributed by atoms with E-state index < -0.39 is 0 Å². The number of aryl methyl sites for hydroxylation is 1. The molecule has 0 saturated carbocycles. The molecule has 3 unspecified atom stereocenters. The van der Waals surface area contributed by atoms with Gasteiger partial charge in [0.05, 0.1) is 11.7 Å². The fourth-order valence-electron chi connectivity index (χ4n) is 2.39. The molecule has 1 aliphatic heterocycles. The maximum Gasteiger partial charge on any atom is 0.0623 e. The molecule has 1 aromatic rings. The molecule has 0 bridgehead atoms. The fourth-order valence-corrected chi connectivity index (χ4v) is 5.32. The third-order valence-corrected chi connectivity index (χ3v) is 6.55. The van der Waals surface area contributed by atoms with Crippen LogP contribution < -0.4 is 5.32 Å². The lowest BCUT2D eigenvalue weighted by atomic mass is 10.1. The van der Waals surface area contributed by atoms with E-state index in [0.29, 0.717) is 16.5 Å². The fraction of sp³-hybridized carbons (Fsp3) is 0.769. The molecule has 2 heterocycles. The van der Waals surface area contributed by atoms with Gasteiger partial charge < -0.3 is 5.32 Å². The van der Waals surface area contributed by atoms with E-state index in [2.05, 4.69) is 53.9 Å². The molecule has 0 spiro atoms. The summed E-state index contributed by atoms with van der Waals surface area (Å²) in [6.45, 7) is 5.66. The second kappa shape index (κ2) is 6.87. The summed E-state index contributed by atoms with van der Waals surface area (Å²) in [5, 5.41) is 9.39. The van der Waals surface area contributed by atoms with E-state index in [1.807, 2.05) is 17.9 Å². The number of nitrogens with one attached hydrogen (secondary N) is 1. The standard InChI is InChI=1S/C13H23N3S2/c1-4-6-14-12(11-5-7-15-16(11)3)13-10(2)17-8-9-18-13/h5,7,10,12-14H,4,6,8-9H2,1-3H3. The van der Waals surface area contributed by atoms with E-state index in [1.54, 1.807) is 0 Å². The molecule has 5 heteroatoms.